The Bertz CT molecular complexity index is 1650. The minimum Gasteiger partial charge on any atom is -0.497 e. The first-order valence-corrected chi connectivity index (χ1v) is 16.5. The highest BCUT2D eigenvalue weighted by atomic mass is 35.5. The van der Waals surface area contributed by atoms with E-state index < -0.39 is 5.60 Å². The third kappa shape index (κ3) is 6.75. The molecule has 3 aromatic rings. The minimum absolute atomic E-state index is 0.0295. The van der Waals surface area contributed by atoms with E-state index >= 15 is 0 Å². The van der Waals surface area contributed by atoms with Crippen molar-refractivity contribution in [3.63, 3.8) is 0 Å². The average molecular weight is 665 g/mol. The highest BCUT2D eigenvalue weighted by molar-refractivity contribution is 6.42. The molecule has 3 heterocycles. The zero-order valence-electron chi connectivity index (χ0n) is 26.5. The van der Waals surface area contributed by atoms with Crippen LogP contribution in [0.2, 0.25) is 10.0 Å². The van der Waals surface area contributed by atoms with Crippen molar-refractivity contribution in [3.8, 4) is 11.5 Å². The number of rotatable bonds is 6. The van der Waals surface area contributed by atoms with E-state index in [1.807, 2.05) is 60.0 Å². The molecule has 1 spiro atoms. The summed E-state index contributed by atoms with van der Waals surface area (Å²) in [6.07, 6.45) is 2.11. The molecule has 1 atom stereocenters. The maximum Gasteiger partial charge on any atom is 0.254 e. The van der Waals surface area contributed by atoms with Gasteiger partial charge in [-0.1, -0.05) is 46.5 Å². The summed E-state index contributed by atoms with van der Waals surface area (Å²) in [4.78, 5) is 46.4. The van der Waals surface area contributed by atoms with Crippen LogP contribution in [0.4, 0.5) is 0 Å². The van der Waals surface area contributed by atoms with Crippen LogP contribution in [0.15, 0.2) is 54.6 Å². The van der Waals surface area contributed by atoms with Crippen molar-refractivity contribution in [1.29, 1.82) is 0 Å². The van der Waals surface area contributed by atoms with E-state index in [1.54, 1.807) is 25.3 Å². The van der Waals surface area contributed by atoms with Gasteiger partial charge in [0.05, 0.1) is 35.2 Å². The standard InChI is InChI=1S/C36H39Cl2N3O5/c1-23-16-24(2)18-26(17-23)35(44)40-14-15-41(31(22-40)25-4-6-29(37)30(38)19-25)34(43)8-11-39-12-9-36(10-13-39)21-32(42)28-20-27(45-3)5-7-33(28)46-36/h4-7,16-20,31H,8-15,21-22H2,1-3H3. The molecule has 0 aromatic heterocycles. The van der Waals surface area contributed by atoms with Gasteiger partial charge in [0.2, 0.25) is 5.91 Å². The second-order valence-corrected chi connectivity index (χ2v) is 13.6. The fourth-order valence-corrected chi connectivity index (χ4v) is 7.32. The van der Waals surface area contributed by atoms with Crippen molar-refractivity contribution in [2.45, 2.75) is 51.2 Å². The molecule has 6 rings (SSSR count). The summed E-state index contributed by atoms with van der Waals surface area (Å²) in [6, 6.07) is 16.3. The molecule has 3 aliphatic heterocycles. The van der Waals surface area contributed by atoms with Crippen molar-refractivity contribution in [1.82, 2.24) is 14.7 Å². The summed E-state index contributed by atoms with van der Waals surface area (Å²) in [7, 11) is 1.58. The zero-order valence-corrected chi connectivity index (χ0v) is 28.0. The van der Waals surface area contributed by atoms with Gasteiger partial charge in [-0.25, -0.2) is 0 Å². The van der Waals surface area contributed by atoms with E-state index in [9.17, 15) is 14.4 Å². The third-order valence-corrected chi connectivity index (χ3v) is 10.2. The first-order chi connectivity index (χ1) is 22.0. The summed E-state index contributed by atoms with van der Waals surface area (Å²) >= 11 is 12.6. The number of fused-ring (bicyclic) bond motifs is 1. The number of carbonyl (C=O) groups excluding carboxylic acids is 3. The number of ether oxygens (including phenoxy) is 2. The van der Waals surface area contributed by atoms with Crippen LogP contribution in [0.5, 0.6) is 11.5 Å². The summed E-state index contributed by atoms with van der Waals surface area (Å²) in [5, 5.41) is 0.855. The van der Waals surface area contributed by atoms with Crippen LogP contribution in [0.1, 0.15) is 69.1 Å². The Hall–Kier alpha value is -3.59. The fraction of sp³-hybridized carbons (Fsp3) is 0.417. The van der Waals surface area contributed by atoms with Gasteiger partial charge in [0, 0.05) is 64.1 Å². The number of carbonyl (C=O) groups is 3. The molecule has 0 aliphatic carbocycles. The zero-order chi connectivity index (χ0) is 32.6. The first kappa shape index (κ1) is 32.4. The van der Waals surface area contributed by atoms with Crippen LogP contribution in [-0.4, -0.2) is 84.3 Å². The van der Waals surface area contributed by atoms with Crippen molar-refractivity contribution < 1.29 is 23.9 Å². The number of hydrogen-bond acceptors (Lipinski definition) is 6. The first-order valence-electron chi connectivity index (χ1n) is 15.8. The number of piperazine rings is 1. The lowest BCUT2D eigenvalue weighted by Crippen LogP contribution is -2.53. The van der Waals surface area contributed by atoms with Crippen LogP contribution in [0.25, 0.3) is 0 Å². The number of piperidine rings is 1. The quantitative estimate of drug-likeness (QED) is 0.298. The minimum atomic E-state index is -0.517. The van der Waals surface area contributed by atoms with E-state index in [1.165, 1.54) is 0 Å². The number of ketones is 1. The molecule has 0 saturated carbocycles. The molecular weight excluding hydrogens is 625 g/mol. The van der Waals surface area contributed by atoms with Gasteiger partial charge in [-0.3, -0.25) is 14.4 Å². The van der Waals surface area contributed by atoms with Crippen LogP contribution in [0.3, 0.4) is 0 Å². The maximum atomic E-state index is 13.8. The molecule has 2 fully saturated rings. The van der Waals surface area contributed by atoms with Crippen LogP contribution < -0.4 is 9.47 Å². The monoisotopic (exact) mass is 663 g/mol. The van der Waals surface area contributed by atoms with Gasteiger partial charge in [-0.15, -0.1) is 0 Å². The van der Waals surface area contributed by atoms with Crippen LogP contribution in [0, 0.1) is 13.8 Å². The number of likely N-dealkylation sites (tertiary alicyclic amines) is 1. The number of halogens is 2. The number of aryl methyl sites for hydroxylation is 2. The highest BCUT2D eigenvalue weighted by Gasteiger charge is 2.43. The number of methoxy groups -OCH3 is 1. The Balaban J connectivity index is 1.10. The second-order valence-electron chi connectivity index (χ2n) is 12.7. The molecule has 3 aliphatic rings. The summed E-state index contributed by atoms with van der Waals surface area (Å²) in [5.74, 6) is 1.32. The highest BCUT2D eigenvalue weighted by Crippen LogP contribution is 2.41. The van der Waals surface area contributed by atoms with Gasteiger partial charge in [0.25, 0.3) is 5.91 Å². The molecule has 3 aromatic carbocycles. The van der Waals surface area contributed by atoms with Gasteiger partial charge in [0.15, 0.2) is 5.78 Å². The lowest BCUT2D eigenvalue weighted by atomic mass is 9.82. The SMILES string of the molecule is COc1ccc2c(c1)C(=O)CC1(CCN(CCC(=O)N3CCN(C(=O)c4cc(C)cc(C)c4)CC3c3ccc(Cl)c(Cl)c3)CC1)O2. The number of Topliss-reactive ketones (excluding diaryl/α,β-unsaturated/α-hetero) is 1. The molecule has 1 unspecified atom stereocenters. The van der Waals surface area contributed by atoms with Crippen molar-refractivity contribution in [3.05, 3.63) is 92.5 Å². The van der Waals surface area contributed by atoms with Gasteiger partial charge in [-0.05, 0) is 61.9 Å². The summed E-state index contributed by atoms with van der Waals surface area (Å²) in [6.45, 7) is 7.27. The van der Waals surface area contributed by atoms with Crippen LogP contribution >= 0.6 is 23.2 Å². The Morgan fingerprint density at radius 3 is 2.37 bits per heavy atom. The Labute approximate surface area is 280 Å². The van der Waals surface area contributed by atoms with Gasteiger partial charge in [0.1, 0.15) is 17.1 Å². The van der Waals surface area contributed by atoms with Gasteiger partial charge < -0.3 is 24.2 Å². The smallest absolute Gasteiger partial charge is 0.254 e. The van der Waals surface area contributed by atoms with Crippen molar-refractivity contribution in [2.75, 3.05) is 46.4 Å². The number of amides is 2. The summed E-state index contributed by atoms with van der Waals surface area (Å²) < 4.78 is 11.7. The molecule has 0 bridgehead atoms. The Morgan fingerprint density at radius 2 is 1.67 bits per heavy atom. The van der Waals surface area contributed by atoms with Crippen LogP contribution in [-0.2, 0) is 4.79 Å². The lowest BCUT2D eigenvalue weighted by molar-refractivity contribution is -0.136. The topological polar surface area (TPSA) is 79.4 Å². The maximum absolute atomic E-state index is 13.8. The predicted octanol–water partition coefficient (Wildman–Crippen LogP) is 6.53. The Morgan fingerprint density at radius 1 is 0.935 bits per heavy atom. The molecule has 0 radical (unpaired) electrons. The molecular formula is C36H39Cl2N3O5. The fourth-order valence-electron chi connectivity index (χ4n) is 7.01. The number of benzene rings is 3. The third-order valence-electron chi connectivity index (χ3n) is 9.49. The Kier molecular flexibility index (Phi) is 9.33. The number of hydrogen-bond donors (Lipinski definition) is 0. The van der Waals surface area contributed by atoms with Gasteiger partial charge >= 0.3 is 0 Å². The summed E-state index contributed by atoms with van der Waals surface area (Å²) in [5.41, 5.74) is 3.63. The molecule has 10 heteroatoms. The molecule has 46 heavy (non-hydrogen) atoms. The largest absolute Gasteiger partial charge is 0.497 e. The van der Waals surface area contributed by atoms with E-state index in [0.29, 0.717) is 84.5 Å². The molecule has 8 nitrogen and oxygen atoms in total. The predicted molar refractivity (Wildman–Crippen MR) is 178 cm³/mol. The lowest BCUT2D eigenvalue weighted by Gasteiger charge is -2.44. The molecule has 0 N–H and O–H groups in total. The normalized spacial score (nSPS) is 19.5. The van der Waals surface area contributed by atoms with Gasteiger partial charge in [-0.2, -0.15) is 0 Å². The molecule has 2 amide bonds. The van der Waals surface area contributed by atoms with E-state index in [0.717, 1.165) is 29.8 Å². The van der Waals surface area contributed by atoms with E-state index in [4.69, 9.17) is 32.7 Å². The number of nitrogens with zero attached hydrogens (tertiary/aromatic N) is 3. The van der Waals surface area contributed by atoms with E-state index in [-0.39, 0.29) is 23.6 Å². The van der Waals surface area contributed by atoms with Crippen molar-refractivity contribution in [2.24, 2.45) is 0 Å². The second kappa shape index (κ2) is 13.3. The van der Waals surface area contributed by atoms with E-state index in [2.05, 4.69) is 4.90 Å². The molecule has 242 valence electrons. The molecule has 2 saturated heterocycles. The van der Waals surface area contributed by atoms with Crippen molar-refractivity contribution >= 4 is 40.8 Å². The average Bonchev–Trinajstić information content (AvgIpc) is 3.04.